The van der Waals surface area contributed by atoms with Gasteiger partial charge in [0.1, 0.15) is 24.3 Å². The molecular weight excluding hydrogens is 981 g/mol. The molecular formula is C70H81N2O7+. The lowest BCUT2D eigenvalue weighted by Gasteiger charge is -2.39. The Morgan fingerprint density at radius 3 is 1.89 bits per heavy atom. The highest BCUT2D eigenvalue weighted by molar-refractivity contribution is 6.07. The summed E-state index contributed by atoms with van der Waals surface area (Å²) in [4.78, 5) is 2.37. The molecule has 7 atom stereocenters. The molecule has 2 fully saturated rings. The van der Waals surface area contributed by atoms with Gasteiger partial charge in [0, 0.05) is 65.5 Å². The van der Waals surface area contributed by atoms with Gasteiger partial charge < -0.3 is 38.8 Å². The van der Waals surface area contributed by atoms with Crippen molar-refractivity contribution in [1.82, 2.24) is 0 Å². The van der Waals surface area contributed by atoms with Crippen molar-refractivity contribution >= 4 is 38.6 Å². The van der Waals surface area contributed by atoms with Gasteiger partial charge in [0.25, 0.3) is 0 Å². The van der Waals surface area contributed by atoms with E-state index in [2.05, 4.69) is 180 Å². The van der Waals surface area contributed by atoms with Gasteiger partial charge >= 0.3 is 0 Å². The van der Waals surface area contributed by atoms with E-state index in [9.17, 15) is 10.2 Å². The lowest BCUT2D eigenvalue weighted by molar-refractivity contribution is -0.401. The summed E-state index contributed by atoms with van der Waals surface area (Å²) < 4.78 is 36.3. The number of hydrogen-bond donors (Lipinski definition) is 2. The van der Waals surface area contributed by atoms with E-state index in [1.54, 1.807) is 12.1 Å². The zero-order valence-electron chi connectivity index (χ0n) is 47.7. The second-order valence-corrected chi connectivity index (χ2v) is 24.0. The lowest BCUT2D eigenvalue weighted by Crippen LogP contribution is -2.37. The van der Waals surface area contributed by atoms with Gasteiger partial charge in [-0.2, -0.15) is 4.58 Å². The molecule has 0 saturated carbocycles. The fraction of sp³-hybridized carbons (Fsp3) is 0.414. The Labute approximate surface area is 468 Å². The molecule has 4 heterocycles. The molecule has 11 rings (SSSR count). The quantitative estimate of drug-likeness (QED) is 0.0926. The van der Waals surface area contributed by atoms with Crippen molar-refractivity contribution in [3.8, 4) is 11.5 Å². The topological polar surface area (TPSA) is 92.9 Å². The number of ether oxygens (including phenoxy) is 5. The van der Waals surface area contributed by atoms with Crippen LogP contribution in [0.3, 0.4) is 0 Å². The van der Waals surface area contributed by atoms with Gasteiger partial charge in [-0.3, -0.25) is 0 Å². The third kappa shape index (κ3) is 11.3. The fourth-order valence-electron chi connectivity index (χ4n) is 13.5. The van der Waals surface area contributed by atoms with Gasteiger partial charge in [0.2, 0.25) is 5.69 Å². The van der Waals surface area contributed by atoms with Crippen LogP contribution in [0.5, 0.6) is 11.5 Å². The van der Waals surface area contributed by atoms with Crippen LogP contribution < -0.4 is 9.64 Å². The molecule has 2 saturated heterocycles. The van der Waals surface area contributed by atoms with E-state index in [1.165, 1.54) is 66.6 Å². The van der Waals surface area contributed by atoms with E-state index >= 15 is 0 Å². The normalized spacial score (nSPS) is 25.3. The summed E-state index contributed by atoms with van der Waals surface area (Å²) in [6, 6.07) is 42.0. The number of fused-ring (bicyclic) bond motifs is 6. The van der Waals surface area contributed by atoms with Gasteiger partial charge in [-0.05, 0) is 165 Å². The number of allylic oxidation sites excluding steroid dienone is 7. The molecule has 0 radical (unpaired) electrons. The molecule has 0 spiro atoms. The summed E-state index contributed by atoms with van der Waals surface area (Å²) in [6.07, 6.45) is 18.5. The van der Waals surface area contributed by atoms with E-state index in [4.69, 9.17) is 23.7 Å². The van der Waals surface area contributed by atoms with Crippen molar-refractivity contribution in [3.05, 3.63) is 190 Å². The van der Waals surface area contributed by atoms with Crippen molar-refractivity contribution in [3.63, 3.8) is 0 Å². The third-order valence-corrected chi connectivity index (χ3v) is 17.6. The summed E-state index contributed by atoms with van der Waals surface area (Å²) in [7, 11) is 4.41. The first kappa shape index (κ1) is 54.6. The van der Waals surface area contributed by atoms with Crippen molar-refractivity contribution in [1.29, 1.82) is 0 Å². The van der Waals surface area contributed by atoms with Gasteiger partial charge in [-0.25, -0.2) is 0 Å². The Kier molecular flexibility index (Phi) is 15.9. The monoisotopic (exact) mass is 1060 g/mol. The maximum atomic E-state index is 10.00. The lowest BCUT2D eigenvalue weighted by atomic mass is 9.78. The minimum Gasteiger partial charge on any atom is -0.508 e. The second kappa shape index (κ2) is 23.0. The molecule has 1 aliphatic carbocycles. The number of phenolic OH excluding ortho intramolecular Hbond substituents is 1. The number of likely N-dealkylation sites (N-methyl/N-ethyl adjacent to an activating group) is 1. The fourth-order valence-corrected chi connectivity index (χ4v) is 13.5. The Balaban J connectivity index is 0.863. The van der Waals surface area contributed by atoms with E-state index in [0.717, 1.165) is 99.7 Å². The van der Waals surface area contributed by atoms with Crippen LogP contribution in [-0.4, -0.2) is 65.1 Å². The molecule has 9 nitrogen and oxygen atoms in total. The molecule has 0 aromatic heterocycles. The molecule has 0 bridgehead atoms. The van der Waals surface area contributed by atoms with Gasteiger partial charge in [0.05, 0.1) is 35.9 Å². The summed E-state index contributed by atoms with van der Waals surface area (Å²) in [5.41, 5.74) is 11.5. The van der Waals surface area contributed by atoms with Crippen molar-refractivity contribution in [2.24, 2.45) is 0 Å². The number of rotatable bonds is 16. The molecule has 79 heavy (non-hydrogen) atoms. The van der Waals surface area contributed by atoms with Crippen molar-refractivity contribution in [2.45, 2.75) is 173 Å². The summed E-state index contributed by atoms with van der Waals surface area (Å²) in [5, 5.41) is 25.1. The largest absolute Gasteiger partial charge is 0.508 e. The first-order valence-electron chi connectivity index (χ1n) is 29.2. The number of aliphatic hydroxyl groups is 1. The van der Waals surface area contributed by atoms with Crippen LogP contribution in [0.15, 0.2) is 168 Å². The summed E-state index contributed by atoms with van der Waals surface area (Å²) in [5.74, 6) is 1.90. The molecule has 6 aromatic rings. The smallest absolute Gasteiger partial charge is 0.210 e. The second-order valence-electron chi connectivity index (χ2n) is 24.0. The number of nitrogens with zero attached hydrogens (tertiary/aromatic N) is 2. The van der Waals surface area contributed by atoms with Crippen LogP contribution in [0.4, 0.5) is 11.4 Å². The van der Waals surface area contributed by atoms with E-state index in [1.807, 2.05) is 19.1 Å². The molecule has 0 amide bonds. The first-order chi connectivity index (χ1) is 38.2. The maximum Gasteiger partial charge on any atom is 0.210 e. The van der Waals surface area contributed by atoms with E-state index in [0.29, 0.717) is 0 Å². The van der Waals surface area contributed by atoms with Crippen molar-refractivity contribution in [2.75, 3.05) is 19.0 Å². The Hall–Kier alpha value is -6.33. The highest BCUT2D eigenvalue weighted by atomic mass is 16.7. The van der Waals surface area contributed by atoms with Gasteiger partial charge in [-0.15, -0.1) is 0 Å². The van der Waals surface area contributed by atoms with Crippen molar-refractivity contribution < 1.29 is 38.5 Å². The van der Waals surface area contributed by atoms with E-state index in [-0.39, 0.29) is 47.1 Å². The number of benzene rings is 6. The zero-order chi connectivity index (χ0) is 55.0. The number of aliphatic hydroxyl groups excluding tert-OH is 1. The molecule has 5 aliphatic rings. The minimum atomic E-state index is -0.521. The maximum absolute atomic E-state index is 10.00. The highest BCUT2D eigenvalue weighted by Gasteiger charge is 2.45. The predicted octanol–water partition coefficient (Wildman–Crippen LogP) is 16.2. The molecule has 4 aliphatic heterocycles. The van der Waals surface area contributed by atoms with Crippen LogP contribution >= 0.6 is 0 Å². The highest BCUT2D eigenvalue weighted by Crippen LogP contribution is 2.51. The minimum absolute atomic E-state index is 0.00686. The Morgan fingerprint density at radius 1 is 0.671 bits per heavy atom. The summed E-state index contributed by atoms with van der Waals surface area (Å²) in [6.45, 7) is 13.5. The van der Waals surface area contributed by atoms with Gasteiger partial charge in [-0.1, -0.05) is 112 Å². The molecule has 2 N–H and O–H groups in total. The van der Waals surface area contributed by atoms with Crippen LogP contribution in [-0.2, 0) is 29.8 Å². The number of aromatic hydroxyl groups is 1. The summed E-state index contributed by atoms with van der Waals surface area (Å²) >= 11 is 0. The van der Waals surface area contributed by atoms with Crippen LogP contribution in [0, 0.1) is 0 Å². The number of anilines is 1. The average Bonchev–Trinajstić information content (AvgIpc) is 4.06. The van der Waals surface area contributed by atoms with Crippen LogP contribution in [0.1, 0.15) is 153 Å². The number of hydrogen-bond acceptors (Lipinski definition) is 8. The molecule has 6 aromatic carbocycles. The zero-order valence-corrected chi connectivity index (χ0v) is 47.7. The molecule has 412 valence electrons. The number of phenols is 1. The average molecular weight is 1060 g/mol. The molecule has 9 heteroatoms. The first-order valence-corrected chi connectivity index (χ1v) is 29.2. The standard InChI is InChI=1S/C70H80N2O7/c1-9-16-54-43-56(37-38-57-44-55(22-14-17-45(2)73)77-67(79-57)50-25-33-52(74)34-26-50)78-68(76-54)51-27-35-53(36-28-51)75-66-48(31-41-62-69(3,4)64-58-23-12-10-18-46(58)29-39-60(64)71(62)7)20-15-21-49(66)32-42-63-70(5,6)65-59-24-13-11-19-47(59)30-40-61(65)72(63)8/h10-13,18-19,23-36,39-42,45,54-57,67-68,73H,9,14-17,20-22,37-38,43-44H2,1-8H3/p+1. The van der Waals surface area contributed by atoms with Gasteiger partial charge in [0.15, 0.2) is 18.3 Å². The van der Waals surface area contributed by atoms with E-state index < -0.39 is 12.6 Å². The third-order valence-electron chi connectivity index (χ3n) is 17.6. The SMILES string of the molecule is CCCC1CC(CCC2CC(CCCC(C)O)OC(c3ccc(O)cc3)O2)OC(c2ccc(OC3=C(/C=C/C4=[N+](C)c5ccc6ccccc6c5C4(C)C)CCC/C3=C\C=C3\N(C)c4ccc5ccccc5c4C3(C)C)cc2)O1. The Bertz CT molecular complexity index is 3340. The predicted molar refractivity (Wildman–Crippen MR) is 318 cm³/mol. The van der Waals surface area contributed by atoms with Crippen LogP contribution in [0.25, 0.3) is 21.5 Å². The molecule has 7 unspecified atom stereocenters. The van der Waals surface area contributed by atoms with Crippen LogP contribution in [0.2, 0.25) is 0 Å². The Morgan fingerprint density at radius 2 is 1.25 bits per heavy atom.